The average Bonchev–Trinajstić information content (AvgIpc) is 2.20. The first kappa shape index (κ1) is 14.8. The fourth-order valence-corrected chi connectivity index (χ4v) is 0.990. The molecule has 4 N–H and O–H groups in total. The number of nitrogens with one attached hydrogen (secondary N) is 2. The van der Waals surface area contributed by atoms with Gasteiger partial charge in [-0.1, -0.05) is 0 Å². The van der Waals surface area contributed by atoms with Crippen LogP contribution in [0.2, 0.25) is 0 Å². The molecule has 0 atom stereocenters. The summed E-state index contributed by atoms with van der Waals surface area (Å²) in [6.45, 7) is 8.45. The minimum absolute atomic E-state index is 0.0100. The van der Waals surface area contributed by atoms with Crippen LogP contribution in [-0.4, -0.2) is 61.8 Å². The van der Waals surface area contributed by atoms with Crippen molar-refractivity contribution in [2.24, 2.45) is 0 Å². The van der Waals surface area contributed by atoms with Crippen LogP contribution < -0.4 is 10.6 Å². The molecular formula is C10H24N2O3. The Morgan fingerprint density at radius 2 is 1.60 bits per heavy atom. The largest absolute Gasteiger partial charge is 0.394 e. The van der Waals surface area contributed by atoms with E-state index in [1.165, 1.54) is 0 Å². The minimum Gasteiger partial charge on any atom is -0.394 e. The van der Waals surface area contributed by atoms with Gasteiger partial charge in [0.15, 0.2) is 0 Å². The average molecular weight is 220 g/mol. The SMILES string of the molecule is C1CNCCN1.CC(C)(O)COCCO. The summed E-state index contributed by atoms with van der Waals surface area (Å²) in [4.78, 5) is 0. The van der Waals surface area contributed by atoms with E-state index in [1.54, 1.807) is 13.8 Å². The molecule has 0 aromatic rings. The standard InChI is InChI=1S/C6H14O3.C4H10N2/c1-6(2,8)5-9-4-3-7;1-2-6-4-3-5-1/h7-8H,3-5H2,1-2H3;5-6H,1-4H2. The fraction of sp³-hybridized carbons (Fsp3) is 1.00. The van der Waals surface area contributed by atoms with Gasteiger partial charge in [-0.2, -0.15) is 0 Å². The highest BCUT2D eigenvalue weighted by molar-refractivity contribution is 4.62. The van der Waals surface area contributed by atoms with Gasteiger partial charge < -0.3 is 25.6 Å². The van der Waals surface area contributed by atoms with Crippen molar-refractivity contribution < 1.29 is 14.9 Å². The molecule has 1 aliphatic heterocycles. The first-order valence-electron chi connectivity index (χ1n) is 5.38. The molecule has 0 radical (unpaired) electrons. The molecule has 92 valence electrons. The molecule has 15 heavy (non-hydrogen) atoms. The second-order valence-electron chi connectivity index (χ2n) is 4.09. The maximum atomic E-state index is 9.04. The Bertz CT molecular complexity index is 122. The molecule has 1 rings (SSSR count). The van der Waals surface area contributed by atoms with Gasteiger partial charge >= 0.3 is 0 Å². The first-order valence-corrected chi connectivity index (χ1v) is 5.38. The quantitative estimate of drug-likeness (QED) is 0.455. The van der Waals surface area contributed by atoms with E-state index < -0.39 is 5.60 Å². The molecule has 0 aliphatic carbocycles. The monoisotopic (exact) mass is 220 g/mol. The number of aliphatic hydroxyl groups excluding tert-OH is 1. The van der Waals surface area contributed by atoms with Crippen LogP contribution in [0.3, 0.4) is 0 Å². The first-order chi connectivity index (χ1) is 7.06. The molecule has 1 aliphatic rings. The predicted molar refractivity (Wildman–Crippen MR) is 59.9 cm³/mol. The maximum Gasteiger partial charge on any atom is 0.0824 e. The van der Waals surface area contributed by atoms with E-state index in [1.807, 2.05) is 0 Å². The Morgan fingerprint density at radius 3 is 1.87 bits per heavy atom. The second-order valence-corrected chi connectivity index (χ2v) is 4.09. The van der Waals surface area contributed by atoms with E-state index in [0.29, 0.717) is 6.61 Å². The van der Waals surface area contributed by atoms with Crippen molar-refractivity contribution in [2.75, 3.05) is 46.0 Å². The smallest absolute Gasteiger partial charge is 0.0824 e. The Balaban J connectivity index is 0.000000280. The van der Waals surface area contributed by atoms with Gasteiger partial charge in [0.2, 0.25) is 0 Å². The van der Waals surface area contributed by atoms with E-state index in [-0.39, 0.29) is 13.2 Å². The van der Waals surface area contributed by atoms with E-state index in [0.717, 1.165) is 26.2 Å². The maximum absolute atomic E-state index is 9.04. The van der Waals surface area contributed by atoms with Crippen molar-refractivity contribution in [3.05, 3.63) is 0 Å². The van der Waals surface area contributed by atoms with Crippen LogP contribution in [0.4, 0.5) is 0 Å². The molecule has 1 fully saturated rings. The minimum atomic E-state index is -0.783. The fourth-order valence-electron chi connectivity index (χ4n) is 0.990. The molecule has 0 bridgehead atoms. The van der Waals surface area contributed by atoms with Gasteiger partial charge in [-0.05, 0) is 13.8 Å². The molecule has 0 unspecified atom stereocenters. The molecular weight excluding hydrogens is 196 g/mol. The lowest BCUT2D eigenvalue weighted by atomic mass is 10.2. The topological polar surface area (TPSA) is 73.8 Å². The van der Waals surface area contributed by atoms with Crippen molar-refractivity contribution in [3.63, 3.8) is 0 Å². The molecule has 0 amide bonds. The summed E-state index contributed by atoms with van der Waals surface area (Å²) in [6.07, 6.45) is 0. The highest BCUT2D eigenvalue weighted by Crippen LogP contribution is 1.99. The summed E-state index contributed by atoms with van der Waals surface area (Å²) in [6, 6.07) is 0. The Hall–Kier alpha value is -0.200. The normalized spacial score (nSPS) is 16.8. The molecule has 0 spiro atoms. The molecule has 5 heteroatoms. The summed E-state index contributed by atoms with van der Waals surface area (Å²) in [5.41, 5.74) is -0.783. The van der Waals surface area contributed by atoms with Crippen molar-refractivity contribution in [1.82, 2.24) is 10.6 Å². The second kappa shape index (κ2) is 9.06. The lowest BCUT2D eigenvalue weighted by molar-refractivity contribution is -0.0289. The Kier molecular flexibility index (Phi) is 8.94. The van der Waals surface area contributed by atoms with Crippen LogP contribution in [0.1, 0.15) is 13.8 Å². The zero-order chi connectivity index (χ0) is 11.6. The van der Waals surface area contributed by atoms with Crippen molar-refractivity contribution in [1.29, 1.82) is 0 Å². The summed E-state index contributed by atoms with van der Waals surface area (Å²) in [5.74, 6) is 0. The van der Waals surface area contributed by atoms with Crippen LogP contribution in [0.25, 0.3) is 0 Å². The third kappa shape index (κ3) is 13.8. The molecule has 1 saturated heterocycles. The van der Waals surface area contributed by atoms with Crippen molar-refractivity contribution in [2.45, 2.75) is 19.4 Å². The summed E-state index contributed by atoms with van der Waals surface area (Å²) >= 11 is 0. The number of ether oxygens (including phenoxy) is 1. The summed E-state index contributed by atoms with van der Waals surface area (Å²) in [5, 5.41) is 23.7. The van der Waals surface area contributed by atoms with Crippen LogP contribution in [-0.2, 0) is 4.74 Å². The van der Waals surface area contributed by atoms with Crippen LogP contribution in [0, 0.1) is 0 Å². The van der Waals surface area contributed by atoms with E-state index in [2.05, 4.69) is 10.6 Å². The Morgan fingerprint density at radius 1 is 1.13 bits per heavy atom. The van der Waals surface area contributed by atoms with Gasteiger partial charge in [0, 0.05) is 26.2 Å². The highest BCUT2D eigenvalue weighted by Gasteiger charge is 2.11. The molecule has 1 heterocycles. The van der Waals surface area contributed by atoms with Gasteiger partial charge in [-0.25, -0.2) is 0 Å². The molecule has 0 aromatic heterocycles. The third-order valence-corrected chi connectivity index (χ3v) is 1.65. The molecule has 0 saturated carbocycles. The van der Waals surface area contributed by atoms with E-state index >= 15 is 0 Å². The summed E-state index contributed by atoms with van der Waals surface area (Å²) in [7, 11) is 0. The zero-order valence-electron chi connectivity index (χ0n) is 9.75. The van der Waals surface area contributed by atoms with E-state index in [9.17, 15) is 0 Å². The van der Waals surface area contributed by atoms with Gasteiger partial charge in [-0.3, -0.25) is 0 Å². The predicted octanol–water partition coefficient (Wildman–Crippen LogP) is -1.05. The van der Waals surface area contributed by atoms with Crippen molar-refractivity contribution >= 4 is 0 Å². The van der Waals surface area contributed by atoms with Crippen LogP contribution >= 0.6 is 0 Å². The zero-order valence-corrected chi connectivity index (χ0v) is 9.75. The van der Waals surface area contributed by atoms with Crippen molar-refractivity contribution in [3.8, 4) is 0 Å². The molecule has 0 aromatic carbocycles. The van der Waals surface area contributed by atoms with Crippen LogP contribution in [0.15, 0.2) is 0 Å². The number of piperazine rings is 1. The number of hydrogen-bond acceptors (Lipinski definition) is 5. The van der Waals surface area contributed by atoms with Gasteiger partial charge in [0.25, 0.3) is 0 Å². The number of hydrogen-bond donors (Lipinski definition) is 4. The van der Waals surface area contributed by atoms with Crippen LogP contribution in [0.5, 0.6) is 0 Å². The molecule has 5 nitrogen and oxygen atoms in total. The Labute approximate surface area is 91.8 Å². The van der Waals surface area contributed by atoms with Gasteiger partial charge in [0.1, 0.15) is 0 Å². The lowest BCUT2D eigenvalue weighted by Crippen LogP contribution is -2.39. The summed E-state index contributed by atoms with van der Waals surface area (Å²) < 4.78 is 4.85. The number of rotatable bonds is 4. The van der Waals surface area contributed by atoms with Gasteiger partial charge in [0.05, 0.1) is 25.4 Å². The third-order valence-electron chi connectivity index (χ3n) is 1.65. The van der Waals surface area contributed by atoms with E-state index in [4.69, 9.17) is 14.9 Å². The highest BCUT2D eigenvalue weighted by atomic mass is 16.5. The lowest BCUT2D eigenvalue weighted by Gasteiger charge is -2.15. The van der Waals surface area contributed by atoms with Gasteiger partial charge in [-0.15, -0.1) is 0 Å². The number of aliphatic hydroxyl groups is 2.